The maximum absolute atomic E-state index is 4.22. The fourth-order valence-electron chi connectivity index (χ4n) is 1.46. The molecule has 16 heavy (non-hydrogen) atoms. The molecule has 0 amide bonds. The number of nitrogens with one attached hydrogen (secondary N) is 2. The lowest BCUT2D eigenvalue weighted by Crippen LogP contribution is -2.17. The molecule has 0 aliphatic carbocycles. The van der Waals surface area contributed by atoms with Crippen LogP contribution < -0.4 is 10.6 Å². The van der Waals surface area contributed by atoms with Gasteiger partial charge in [0.25, 0.3) is 0 Å². The topological polar surface area (TPSA) is 37.0 Å². The van der Waals surface area contributed by atoms with Gasteiger partial charge in [0.1, 0.15) is 0 Å². The molecule has 1 heterocycles. The van der Waals surface area contributed by atoms with Crippen molar-refractivity contribution < 1.29 is 0 Å². The molecule has 0 spiro atoms. The number of pyridine rings is 1. The van der Waals surface area contributed by atoms with Crippen LogP contribution in [0.2, 0.25) is 0 Å². The Bertz CT molecular complexity index is 304. The van der Waals surface area contributed by atoms with Crippen molar-refractivity contribution >= 4 is 23.1 Å². The average molecular weight is 239 g/mol. The minimum absolute atomic E-state index is 0.471. The van der Waals surface area contributed by atoms with E-state index in [4.69, 9.17) is 0 Å². The molecule has 1 aromatic heterocycles. The largest absolute Gasteiger partial charge is 0.384 e. The molecule has 1 atom stereocenters. The molecule has 1 aromatic rings. The number of rotatable bonds is 7. The summed E-state index contributed by atoms with van der Waals surface area (Å²) in [6.07, 6.45) is 6.98. The smallest absolute Gasteiger partial charge is 0.0549 e. The van der Waals surface area contributed by atoms with Crippen LogP contribution in [-0.4, -0.2) is 29.6 Å². The fourth-order valence-corrected chi connectivity index (χ4v) is 2.04. The maximum atomic E-state index is 4.22. The summed E-state index contributed by atoms with van der Waals surface area (Å²) in [7, 11) is 0. The molecule has 0 bridgehead atoms. The van der Waals surface area contributed by atoms with Gasteiger partial charge in [0, 0.05) is 18.3 Å². The first-order valence-corrected chi connectivity index (χ1v) is 7.10. The minimum atomic E-state index is 0.471. The first-order chi connectivity index (χ1) is 7.76. The molecule has 4 heteroatoms. The molecule has 0 radical (unpaired) electrons. The van der Waals surface area contributed by atoms with Gasteiger partial charge < -0.3 is 10.6 Å². The molecular formula is C12H21N3S. The van der Waals surface area contributed by atoms with Crippen molar-refractivity contribution in [2.75, 3.05) is 29.2 Å². The zero-order chi connectivity index (χ0) is 11.8. The van der Waals surface area contributed by atoms with E-state index >= 15 is 0 Å². The van der Waals surface area contributed by atoms with Crippen LogP contribution in [0.15, 0.2) is 18.5 Å². The van der Waals surface area contributed by atoms with E-state index < -0.39 is 0 Å². The SMILES string of the molecule is CCCNc1cncc(NC(C)CSC)c1. The van der Waals surface area contributed by atoms with Crippen molar-refractivity contribution in [3.63, 3.8) is 0 Å². The standard InChI is InChI=1S/C12H21N3S/c1-4-5-14-11-6-12(8-13-7-11)15-10(2)9-16-3/h6-8,10,14-15H,4-5,9H2,1-3H3. The fraction of sp³-hybridized carbons (Fsp3) is 0.583. The van der Waals surface area contributed by atoms with E-state index in [1.54, 1.807) is 0 Å². The first-order valence-electron chi connectivity index (χ1n) is 5.70. The second-order valence-corrected chi connectivity index (χ2v) is 4.80. The average Bonchev–Trinajstić information content (AvgIpc) is 2.27. The van der Waals surface area contributed by atoms with Gasteiger partial charge in [-0.1, -0.05) is 6.92 Å². The van der Waals surface area contributed by atoms with Crippen molar-refractivity contribution in [3.05, 3.63) is 18.5 Å². The lowest BCUT2D eigenvalue weighted by atomic mass is 10.3. The molecule has 0 aromatic carbocycles. The van der Waals surface area contributed by atoms with Crippen LogP contribution in [0.4, 0.5) is 11.4 Å². The monoisotopic (exact) mass is 239 g/mol. The summed E-state index contributed by atoms with van der Waals surface area (Å²) in [5.74, 6) is 1.10. The minimum Gasteiger partial charge on any atom is -0.384 e. The number of thioether (sulfide) groups is 1. The maximum Gasteiger partial charge on any atom is 0.0549 e. The van der Waals surface area contributed by atoms with Crippen molar-refractivity contribution in [2.45, 2.75) is 26.3 Å². The van der Waals surface area contributed by atoms with Gasteiger partial charge in [0.05, 0.1) is 23.8 Å². The summed E-state index contributed by atoms with van der Waals surface area (Å²) < 4.78 is 0. The summed E-state index contributed by atoms with van der Waals surface area (Å²) in [5, 5.41) is 6.77. The molecule has 1 unspecified atom stereocenters. The van der Waals surface area contributed by atoms with Crippen LogP contribution in [0, 0.1) is 0 Å². The highest BCUT2D eigenvalue weighted by Gasteiger charge is 2.01. The summed E-state index contributed by atoms with van der Waals surface area (Å²) in [5.41, 5.74) is 2.17. The van der Waals surface area contributed by atoms with Gasteiger partial charge in [-0.3, -0.25) is 4.98 Å². The van der Waals surface area contributed by atoms with E-state index in [1.165, 1.54) is 0 Å². The van der Waals surface area contributed by atoms with Crippen LogP contribution in [0.5, 0.6) is 0 Å². The molecule has 90 valence electrons. The number of nitrogens with zero attached hydrogens (tertiary/aromatic N) is 1. The summed E-state index contributed by atoms with van der Waals surface area (Å²) in [6.45, 7) is 5.33. The van der Waals surface area contributed by atoms with Gasteiger partial charge in [-0.15, -0.1) is 0 Å². The highest BCUT2D eigenvalue weighted by molar-refractivity contribution is 7.98. The van der Waals surface area contributed by atoms with E-state index in [1.807, 2.05) is 24.2 Å². The first kappa shape index (κ1) is 13.2. The predicted octanol–water partition coefficient (Wildman–Crippen LogP) is 3.07. The summed E-state index contributed by atoms with van der Waals surface area (Å²) in [4.78, 5) is 4.22. The van der Waals surface area contributed by atoms with E-state index in [0.717, 1.165) is 30.1 Å². The highest BCUT2D eigenvalue weighted by atomic mass is 32.2. The Kier molecular flexibility index (Phi) is 6.08. The Morgan fingerprint density at radius 2 is 2.12 bits per heavy atom. The van der Waals surface area contributed by atoms with Crippen molar-refractivity contribution in [1.82, 2.24) is 4.98 Å². The Morgan fingerprint density at radius 3 is 2.81 bits per heavy atom. The normalized spacial score (nSPS) is 12.2. The quantitative estimate of drug-likeness (QED) is 0.767. The van der Waals surface area contributed by atoms with Crippen LogP contribution in [0.1, 0.15) is 20.3 Å². The lowest BCUT2D eigenvalue weighted by molar-refractivity contribution is 0.911. The zero-order valence-electron chi connectivity index (χ0n) is 10.3. The molecule has 0 saturated carbocycles. The summed E-state index contributed by atoms with van der Waals surface area (Å²) in [6, 6.07) is 2.58. The second kappa shape index (κ2) is 7.39. The molecule has 3 nitrogen and oxygen atoms in total. The van der Waals surface area contributed by atoms with E-state index in [-0.39, 0.29) is 0 Å². The van der Waals surface area contributed by atoms with Crippen LogP contribution in [0.25, 0.3) is 0 Å². The van der Waals surface area contributed by atoms with Crippen LogP contribution >= 0.6 is 11.8 Å². The summed E-state index contributed by atoms with van der Waals surface area (Å²) >= 11 is 1.85. The van der Waals surface area contributed by atoms with Gasteiger partial charge >= 0.3 is 0 Å². The number of hydrogen-bond donors (Lipinski definition) is 2. The van der Waals surface area contributed by atoms with Crippen molar-refractivity contribution in [1.29, 1.82) is 0 Å². The van der Waals surface area contributed by atoms with Crippen molar-refractivity contribution in [3.8, 4) is 0 Å². The number of hydrogen-bond acceptors (Lipinski definition) is 4. The Morgan fingerprint density at radius 1 is 1.38 bits per heavy atom. The number of aromatic nitrogens is 1. The molecular weight excluding hydrogens is 218 g/mol. The van der Waals surface area contributed by atoms with E-state index in [0.29, 0.717) is 6.04 Å². The molecule has 0 aliphatic rings. The van der Waals surface area contributed by atoms with E-state index in [2.05, 4.69) is 41.8 Å². The molecule has 1 rings (SSSR count). The Labute approximate surface area is 102 Å². The van der Waals surface area contributed by atoms with Crippen molar-refractivity contribution in [2.24, 2.45) is 0 Å². The van der Waals surface area contributed by atoms with Crippen LogP contribution in [0.3, 0.4) is 0 Å². The van der Waals surface area contributed by atoms with Gasteiger partial charge in [0.15, 0.2) is 0 Å². The third-order valence-electron chi connectivity index (χ3n) is 2.15. The number of anilines is 2. The molecule has 0 saturated heterocycles. The highest BCUT2D eigenvalue weighted by Crippen LogP contribution is 2.14. The van der Waals surface area contributed by atoms with Gasteiger partial charge in [-0.2, -0.15) is 11.8 Å². The van der Waals surface area contributed by atoms with Gasteiger partial charge in [-0.05, 0) is 25.7 Å². The van der Waals surface area contributed by atoms with Gasteiger partial charge in [-0.25, -0.2) is 0 Å². The second-order valence-electron chi connectivity index (χ2n) is 3.89. The molecule has 2 N–H and O–H groups in total. The zero-order valence-corrected chi connectivity index (χ0v) is 11.1. The third-order valence-corrected chi connectivity index (χ3v) is 2.98. The van der Waals surface area contributed by atoms with Gasteiger partial charge in [0.2, 0.25) is 0 Å². The third kappa shape index (κ3) is 4.75. The molecule has 0 aliphatic heterocycles. The predicted molar refractivity (Wildman–Crippen MR) is 74.5 cm³/mol. The Hall–Kier alpha value is -0.900. The Balaban J connectivity index is 2.52. The van der Waals surface area contributed by atoms with E-state index in [9.17, 15) is 0 Å². The lowest BCUT2D eigenvalue weighted by Gasteiger charge is -2.14. The molecule has 0 fully saturated rings. The van der Waals surface area contributed by atoms with Crippen LogP contribution in [-0.2, 0) is 0 Å².